The van der Waals surface area contributed by atoms with Crippen molar-refractivity contribution in [2.45, 2.75) is 56.0 Å². The van der Waals surface area contributed by atoms with Crippen molar-refractivity contribution < 1.29 is 27.5 Å². The molecule has 1 aliphatic heterocycles. The van der Waals surface area contributed by atoms with Gasteiger partial charge < -0.3 is 10.1 Å². The molecule has 2 aliphatic carbocycles. The third kappa shape index (κ3) is 4.24. The fourth-order valence-electron chi connectivity index (χ4n) is 5.01. The number of halogens is 3. The van der Waals surface area contributed by atoms with Crippen molar-refractivity contribution in [3.05, 3.63) is 70.8 Å². The summed E-state index contributed by atoms with van der Waals surface area (Å²) in [5.74, 6) is 0.0351. The second-order valence-electron chi connectivity index (χ2n) is 9.32. The fraction of sp³-hybridized carbons (Fsp3) is 0.440. The first-order chi connectivity index (χ1) is 15.7. The smallest absolute Gasteiger partial charge is 0.416 e. The van der Waals surface area contributed by atoms with Gasteiger partial charge in [-0.2, -0.15) is 13.2 Å². The molecular weight excluding hydrogens is 433 g/mol. The van der Waals surface area contributed by atoms with Crippen molar-refractivity contribution in [1.82, 2.24) is 10.2 Å². The van der Waals surface area contributed by atoms with Crippen molar-refractivity contribution in [1.29, 1.82) is 0 Å². The van der Waals surface area contributed by atoms with E-state index in [1.807, 2.05) is 12.1 Å². The molecule has 5 rings (SSSR count). The van der Waals surface area contributed by atoms with Gasteiger partial charge in [-0.05, 0) is 67.0 Å². The number of hydrogen-bond donors (Lipinski definition) is 1. The predicted molar refractivity (Wildman–Crippen MR) is 114 cm³/mol. The molecule has 2 aromatic carbocycles. The van der Waals surface area contributed by atoms with E-state index in [1.54, 1.807) is 12.1 Å². The number of ether oxygens (including phenoxy) is 1. The number of benzene rings is 2. The number of fused-ring (bicyclic) bond motifs is 1. The molecular formula is C25H25F3N2O3. The van der Waals surface area contributed by atoms with Crippen molar-refractivity contribution in [3.8, 4) is 0 Å². The first kappa shape index (κ1) is 21.9. The van der Waals surface area contributed by atoms with Gasteiger partial charge in [0, 0.05) is 12.6 Å². The van der Waals surface area contributed by atoms with E-state index in [0.29, 0.717) is 24.1 Å². The van der Waals surface area contributed by atoms with E-state index in [9.17, 15) is 22.8 Å². The lowest BCUT2D eigenvalue weighted by atomic mass is 10.0. The SMILES string of the molecule is COC(=O)c1ccc(C2(NC(=O)[C@H]3C[C@@H]4C[C@H]4N3Cc3ccc(C(F)(F)F)cc3)CC2)cc1. The minimum atomic E-state index is -4.36. The maximum atomic E-state index is 13.3. The van der Waals surface area contributed by atoms with Crippen LogP contribution >= 0.6 is 0 Å². The second kappa shape index (κ2) is 7.87. The Hall–Kier alpha value is -2.87. The molecule has 174 valence electrons. The van der Waals surface area contributed by atoms with E-state index >= 15 is 0 Å². The summed E-state index contributed by atoms with van der Waals surface area (Å²) in [4.78, 5) is 27.1. The molecule has 0 spiro atoms. The fourth-order valence-corrected chi connectivity index (χ4v) is 5.01. The summed E-state index contributed by atoms with van der Waals surface area (Å²) in [5.41, 5.74) is 1.11. The Morgan fingerprint density at radius 2 is 1.73 bits per heavy atom. The van der Waals surface area contributed by atoms with Gasteiger partial charge in [0.2, 0.25) is 5.91 Å². The number of amides is 1. The number of piperidine rings is 1. The average Bonchev–Trinajstić information content (AvgIpc) is 3.72. The zero-order valence-corrected chi connectivity index (χ0v) is 18.2. The van der Waals surface area contributed by atoms with Crippen LogP contribution in [-0.4, -0.2) is 36.0 Å². The monoisotopic (exact) mass is 458 g/mol. The quantitative estimate of drug-likeness (QED) is 0.658. The van der Waals surface area contributed by atoms with Gasteiger partial charge in [0.25, 0.3) is 0 Å². The molecule has 1 heterocycles. The van der Waals surface area contributed by atoms with Gasteiger partial charge in [-0.25, -0.2) is 4.79 Å². The molecule has 0 aromatic heterocycles. The van der Waals surface area contributed by atoms with E-state index in [0.717, 1.165) is 48.9 Å². The molecule has 0 radical (unpaired) electrons. The highest BCUT2D eigenvalue weighted by molar-refractivity contribution is 5.89. The lowest BCUT2D eigenvalue weighted by Gasteiger charge is -2.29. The molecule has 3 aliphatic rings. The van der Waals surface area contributed by atoms with Gasteiger partial charge in [0.05, 0.1) is 29.8 Å². The molecule has 3 fully saturated rings. The molecule has 1 saturated heterocycles. The van der Waals surface area contributed by atoms with Crippen LogP contribution in [-0.2, 0) is 27.8 Å². The van der Waals surface area contributed by atoms with E-state index in [4.69, 9.17) is 4.74 Å². The minimum Gasteiger partial charge on any atom is -0.465 e. The van der Waals surface area contributed by atoms with Gasteiger partial charge in [-0.3, -0.25) is 9.69 Å². The number of esters is 1. The third-order valence-corrected chi connectivity index (χ3v) is 7.16. The highest BCUT2D eigenvalue weighted by Gasteiger charge is 2.55. The number of methoxy groups -OCH3 is 1. The van der Waals surface area contributed by atoms with Gasteiger partial charge in [0.1, 0.15) is 0 Å². The van der Waals surface area contributed by atoms with Gasteiger partial charge in [-0.1, -0.05) is 24.3 Å². The number of carbonyl (C=O) groups excluding carboxylic acids is 2. The Balaban J connectivity index is 1.27. The van der Waals surface area contributed by atoms with Crippen molar-refractivity contribution >= 4 is 11.9 Å². The minimum absolute atomic E-state index is 0.0383. The number of carbonyl (C=O) groups is 2. The molecule has 0 unspecified atom stereocenters. The Labute approximate surface area is 189 Å². The van der Waals surface area contributed by atoms with Crippen LogP contribution in [0.15, 0.2) is 48.5 Å². The van der Waals surface area contributed by atoms with Crippen LogP contribution in [0.25, 0.3) is 0 Å². The third-order valence-electron chi connectivity index (χ3n) is 7.16. The summed E-state index contributed by atoms with van der Waals surface area (Å²) < 4.78 is 43.3. The molecule has 8 heteroatoms. The van der Waals surface area contributed by atoms with Crippen LogP contribution in [0.4, 0.5) is 13.2 Å². The van der Waals surface area contributed by atoms with E-state index < -0.39 is 23.2 Å². The lowest BCUT2D eigenvalue weighted by Crippen LogP contribution is -2.48. The number of likely N-dealkylation sites (tertiary alicyclic amines) is 1. The predicted octanol–water partition coefficient (Wildman–Crippen LogP) is 4.26. The van der Waals surface area contributed by atoms with Crippen LogP contribution in [0.3, 0.4) is 0 Å². The second-order valence-corrected chi connectivity index (χ2v) is 9.32. The summed E-state index contributed by atoms with van der Waals surface area (Å²) in [6.45, 7) is 0.457. The molecule has 0 bridgehead atoms. The topological polar surface area (TPSA) is 58.6 Å². The Kier molecular flexibility index (Phi) is 5.23. The van der Waals surface area contributed by atoms with Crippen molar-refractivity contribution in [3.63, 3.8) is 0 Å². The van der Waals surface area contributed by atoms with Gasteiger partial charge in [0.15, 0.2) is 0 Å². The molecule has 1 N–H and O–H groups in total. The van der Waals surface area contributed by atoms with Crippen LogP contribution in [0.2, 0.25) is 0 Å². The molecule has 2 aromatic rings. The average molecular weight is 458 g/mol. The Morgan fingerprint density at radius 1 is 1.06 bits per heavy atom. The maximum Gasteiger partial charge on any atom is 0.416 e. The van der Waals surface area contributed by atoms with E-state index in [-0.39, 0.29) is 11.9 Å². The zero-order valence-electron chi connectivity index (χ0n) is 18.2. The maximum absolute atomic E-state index is 13.3. The number of hydrogen-bond acceptors (Lipinski definition) is 4. The molecule has 2 saturated carbocycles. The first-order valence-corrected chi connectivity index (χ1v) is 11.1. The summed E-state index contributed by atoms with van der Waals surface area (Å²) in [7, 11) is 1.33. The number of rotatable bonds is 6. The normalized spacial score (nSPS) is 25.3. The summed E-state index contributed by atoms with van der Waals surface area (Å²) in [5, 5.41) is 3.23. The molecule has 1 amide bonds. The number of nitrogens with zero attached hydrogens (tertiary/aromatic N) is 1. The van der Waals surface area contributed by atoms with Crippen molar-refractivity contribution in [2.24, 2.45) is 5.92 Å². The number of alkyl halides is 3. The summed E-state index contributed by atoms with van der Waals surface area (Å²) in [6, 6.07) is 12.3. The van der Waals surface area contributed by atoms with Crippen LogP contribution in [0.1, 0.15) is 52.7 Å². The highest BCUT2D eigenvalue weighted by Crippen LogP contribution is 2.50. The molecule has 33 heavy (non-hydrogen) atoms. The summed E-state index contributed by atoms with van der Waals surface area (Å²) >= 11 is 0. The van der Waals surface area contributed by atoms with Crippen LogP contribution in [0.5, 0.6) is 0 Å². The van der Waals surface area contributed by atoms with Crippen LogP contribution in [0, 0.1) is 5.92 Å². The molecule has 5 nitrogen and oxygen atoms in total. The van der Waals surface area contributed by atoms with Crippen LogP contribution < -0.4 is 5.32 Å². The summed E-state index contributed by atoms with van der Waals surface area (Å²) in [6.07, 6.45) is -0.896. The highest BCUT2D eigenvalue weighted by atomic mass is 19.4. The van der Waals surface area contributed by atoms with Gasteiger partial charge in [-0.15, -0.1) is 0 Å². The molecule has 3 atom stereocenters. The number of nitrogens with one attached hydrogen (secondary N) is 1. The van der Waals surface area contributed by atoms with E-state index in [1.165, 1.54) is 19.2 Å². The Morgan fingerprint density at radius 3 is 2.30 bits per heavy atom. The van der Waals surface area contributed by atoms with Gasteiger partial charge >= 0.3 is 12.1 Å². The standard InChI is InChI=1S/C25H25F3N2O3/c1-33-23(32)16-4-8-18(9-5-16)24(10-11-24)29-22(31)21-13-17-12-20(17)30(21)14-15-2-6-19(7-3-15)25(26,27)28/h2-9,17,20-21H,10-14H2,1H3,(H,29,31)/t17-,20+,21+/m0/s1. The largest absolute Gasteiger partial charge is 0.465 e. The lowest BCUT2D eigenvalue weighted by molar-refractivity contribution is -0.137. The Bertz CT molecular complexity index is 1060. The zero-order chi connectivity index (χ0) is 23.4. The van der Waals surface area contributed by atoms with Crippen molar-refractivity contribution in [2.75, 3.05) is 7.11 Å². The van der Waals surface area contributed by atoms with E-state index in [2.05, 4.69) is 10.2 Å². The first-order valence-electron chi connectivity index (χ1n) is 11.1.